The van der Waals surface area contributed by atoms with Gasteiger partial charge in [0.25, 0.3) is 0 Å². The molecule has 2 aromatic rings. The fraction of sp³-hybridized carbons (Fsp3) is 0.385. The number of hydrogen-bond donors (Lipinski definition) is 0. The van der Waals surface area contributed by atoms with E-state index in [1.165, 1.54) is 0 Å². The van der Waals surface area contributed by atoms with Crippen molar-refractivity contribution in [2.24, 2.45) is 0 Å². The number of aromatic nitrogens is 1. The summed E-state index contributed by atoms with van der Waals surface area (Å²) in [5.41, 5.74) is 2.22. The minimum Gasteiger partial charge on any atom is -0.496 e. The first-order valence-corrected chi connectivity index (χ1v) is 5.78. The van der Waals surface area contributed by atoms with E-state index >= 15 is 0 Å². The van der Waals surface area contributed by atoms with Gasteiger partial charge in [0.1, 0.15) is 10.9 Å². The Balaban J connectivity index is 2.89. The third-order valence-electron chi connectivity index (χ3n) is 2.90. The predicted octanol–water partition coefficient (Wildman–Crippen LogP) is 4.19. The lowest BCUT2D eigenvalue weighted by atomic mass is 10.2. The molecule has 0 fully saturated rings. The van der Waals surface area contributed by atoms with Crippen LogP contribution in [-0.4, -0.2) is 11.7 Å². The zero-order chi connectivity index (χ0) is 11.9. The smallest absolute Gasteiger partial charge is 0.128 e. The molecule has 1 heterocycles. The normalized spacial score (nSPS) is 11.4. The van der Waals surface area contributed by atoms with Gasteiger partial charge < -0.3 is 9.30 Å². The Hall–Kier alpha value is -1.15. The maximum Gasteiger partial charge on any atom is 0.128 e. The van der Waals surface area contributed by atoms with E-state index in [-0.39, 0.29) is 0 Å². The molecular weight excluding hydrogens is 222 g/mol. The van der Waals surface area contributed by atoms with Gasteiger partial charge in [0, 0.05) is 11.4 Å². The average Bonchev–Trinajstić information content (AvgIpc) is 2.51. The second-order valence-electron chi connectivity index (χ2n) is 4.23. The lowest BCUT2D eigenvalue weighted by molar-refractivity contribution is 0.419. The van der Waals surface area contributed by atoms with E-state index in [9.17, 15) is 0 Å². The summed E-state index contributed by atoms with van der Waals surface area (Å²) in [4.78, 5) is 0. The minimum absolute atomic E-state index is 0.343. The van der Waals surface area contributed by atoms with Crippen LogP contribution in [-0.2, 0) is 0 Å². The van der Waals surface area contributed by atoms with Gasteiger partial charge in [-0.2, -0.15) is 0 Å². The maximum atomic E-state index is 6.37. The Morgan fingerprint density at radius 1 is 1.31 bits per heavy atom. The fourth-order valence-corrected chi connectivity index (χ4v) is 2.54. The monoisotopic (exact) mass is 237 g/mol. The molecule has 0 spiro atoms. The second-order valence-corrected chi connectivity index (χ2v) is 4.59. The summed E-state index contributed by atoms with van der Waals surface area (Å²) in [7, 11) is 1.69. The summed E-state index contributed by atoms with van der Waals surface area (Å²) in [6, 6.07) is 6.39. The first-order valence-electron chi connectivity index (χ1n) is 5.41. The van der Waals surface area contributed by atoms with Crippen molar-refractivity contribution in [1.29, 1.82) is 0 Å². The predicted molar refractivity (Wildman–Crippen MR) is 68.6 cm³/mol. The molecule has 0 unspecified atom stereocenters. The van der Waals surface area contributed by atoms with Crippen molar-refractivity contribution in [2.45, 2.75) is 26.8 Å². The topological polar surface area (TPSA) is 14.2 Å². The number of ether oxygens (including phenoxy) is 1. The molecule has 0 amide bonds. The van der Waals surface area contributed by atoms with Crippen molar-refractivity contribution in [1.82, 2.24) is 4.57 Å². The second kappa shape index (κ2) is 4.02. The van der Waals surface area contributed by atoms with E-state index < -0.39 is 0 Å². The quantitative estimate of drug-likeness (QED) is 0.764. The van der Waals surface area contributed by atoms with Crippen LogP contribution in [0.3, 0.4) is 0 Å². The van der Waals surface area contributed by atoms with Gasteiger partial charge in [-0.3, -0.25) is 0 Å². The number of methoxy groups -OCH3 is 1. The van der Waals surface area contributed by atoms with Crippen molar-refractivity contribution in [3.05, 3.63) is 28.9 Å². The van der Waals surface area contributed by atoms with E-state index in [4.69, 9.17) is 16.3 Å². The highest BCUT2D eigenvalue weighted by Crippen LogP contribution is 2.37. The summed E-state index contributed by atoms with van der Waals surface area (Å²) in [6.07, 6.45) is 0. The van der Waals surface area contributed by atoms with Crippen LogP contribution in [0.1, 0.15) is 25.5 Å². The summed E-state index contributed by atoms with van der Waals surface area (Å²) in [6.45, 7) is 6.29. The highest BCUT2D eigenvalue weighted by molar-refractivity contribution is 6.32. The molecule has 0 saturated carbocycles. The van der Waals surface area contributed by atoms with E-state index in [0.29, 0.717) is 6.04 Å². The van der Waals surface area contributed by atoms with Crippen LogP contribution in [0.25, 0.3) is 10.9 Å². The molecule has 0 atom stereocenters. The molecule has 86 valence electrons. The molecule has 0 aliphatic heterocycles. The maximum absolute atomic E-state index is 6.37. The molecule has 0 aliphatic rings. The van der Waals surface area contributed by atoms with Crippen LogP contribution in [0.4, 0.5) is 0 Å². The molecule has 0 radical (unpaired) electrons. The molecule has 0 aliphatic carbocycles. The van der Waals surface area contributed by atoms with Gasteiger partial charge in [0.05, 0.1) is 12.6 Å². The molecule has 3 heteroatoms. The van der Waals surface area contributed by atoms with Crippen LogP contribution in [0.2, 0.25) is 5.15 Å². The van der Waals surface area contributed by atoms with Crippen LogP contribution in [0.15, 0.2) is 18.2 Å². The van der Waals surface area contributed by atoms with Gasteiger partial charge in [0.15, 0.2) is 0 Å². The number of hydrogen-bond acceptors (Lipinski definition) is 1. The Labute approximate surface area is 101 Å². The van der Waals surface area contributed by atoms with Crippen LogP contribution < -0.4 is 4.74 Å². The molecule has 2 rings (SSSR count). The number of nitrogens with zero attached hydrogens (tertiary/aromatic N) is 1. The van der Waals surface area contributed by atoms with E-state index in [2.05, 4.69) is 24.5 Å². The summed E-state index contributed by atoms with van der Waals surface area (Å²) >= 11 is 6.37. The summed E-state index contributed by atoms with van der Waals surface area (Å²) in [5.74, 6) is 0.885. The van der Waals surface area contributed by atoms with Gasteiger partial charge in [-0.25, -0.2) is 0 Å². The first-order chi connectivity index (χ1) is 7.57. The molecule has 1 aromatic heterocycles. The number of aryl methyl sites for hydroxylation is 1. The highest BCUT2D eigenvalue weighted by Gasteiger charge is 2.17. The number of halogens is 1. The standard InChI is InChI=1S/C13H16ClNO/c1-8(2)15-10-6-5-7-11(16-4)12(10)9(3)13(15)14/h5-8H,1-4H3. The van der Waals surface area contributed by atoms with Gasteiger partial charge >= 0.3 is 0 Å². The lowest BCUT2D eigenvalue weighted by Crippen LogP contribution is -2.00. The SMILES string of the molecule is COc1cccc2c1c(C)c(Cl)n2C(C)C. The Kier molecular flexibility index (Phi) is 2.85. The molecule has 1 aromatic carbocycles. The van der Waals surface area contributed by atoms with Crippen molar-refractivity contribution < 1.29 is 4.74 Å². The molecule has 2 nitrogen and oxygen atoms in total. The van der Waals surface area contributed by atoms with Crippen molar-refractivity contribution >= 4 is 22.5 Å². The average molecular weight is 238 g/mol. The molecule has 0 bridgehead atoms. The Morgan fingerprint density at radius 2 is 2.00 bits per heavy atom. The molecule has 0 N–H and O–H groups in total. The highest BCUT2D eigenvalue weighted by atomic mass is 35.5. The van der Waals surface area contributed by atoms with E-state index in [0.717, 1.165) is 27.4 Å². The van der Waals surface area contributed by atoms with Gasteiger partial charge in [-0.05, 0) is 38.5 Å². The zero-order valence-corrected chi connectivity index (χ0v) is 10.8. The third-order valence-corrected chi connectivity index (χ3v) is 3.36. The molecular formula is C13H16ClNO. The first kappa shape index (κ1) is 11.3. The summed E-state index contributed by atoms with van der Waals surface area (Å²) < 4.78 is 7.52. The molecule has 16 heavy (non-hydrogen) atoms. The van der Waals surface area contributed by atoms with Gasteiger partial charge in [-0.1, -0.05) is 17.7 Å². The Morgan fingerprint density at radius 3 is 2.56 bits per heavy atom. The van der Waals surface area contributed by atoms with Crippen LogP contribution in [0.5, 0.6) is 5.75 Å². The van der Waals surface area contributed by atoms with E-state index in [1.54, 1.807) is 7.11 Å². The Bertz CT molecular complexity index is 528. The lowest BCUT2D eigenvalue weighted by Gasteiger charge is -2.11. The van der Waals surface area contributed by atoms with Crippen molar-refractivity contribution in [3.63, 3.8) is 0 Å². The van der Waals surface area contributed by atoms with Gasteiger partial charge in [0.2, 0.25) is 0 Å². The van der Waals surface area contributed by atoms with E-state index in [1.807, 2.05) is 19.1 Å². The van der Waals surface area contributed by atoms with Crippen molar-refractivity contribution in [3.8, 4) is 5.75 Å². The minimum atomic E-state index is 0.343. The third kappa shape index (κ3) is 1.49. The number of fused-ring (bicyclic) bond motifs is 1. The zero-order valence-electron chi connectivity index (χ0n) is 10.0. The van der Waals surface area contributed by atoms with Gasteiger partial charge in [-0.15, -0.1) is 0 Å². The fourth-order valence-electron chi connectivity index (χ4n) is 2.16. The number of benzene rings is 1. The summed E-state index contributed by atoms with van der Waals surface area (Å²) in [5, 5.41) is 1.92. The largest absolute Gasteiger partial charge is 0.496 e. The van der Waals surface area contributed by atoms with Crippen LogP contribution in [0, 0.1) is 6.92 Å². The van der Waals surface area contributed by atoms with Crippen LogP contribution >= 0.6 is 11.6 Å². The van der Waals surface area contributed by atoms with Crippen molar-refractivity contribution in [2.75, 3.05) is 7.11 Å². The molecule has 0 saturated heterocycles. The number of rotatable bonds is 2.